The van der Waals surface area contributed by atoms with Crippen LogP contribution in [0.15, 0.2) is 33.6 Å². The van der Waals surface area contributed by atoms with Crippen molar-refractivity contribution in [2.75, 3.05) is 40.0 Å². The predicted octanol–water partition coefficient (Wildman–Crippen LogP) is 5.00. The number of amides is 1. The lowest BCUT2D eigenvalue weighted by atomic mass is 10.00. The minimum atomic E-state index is 0.269. The fraction of sp³-hybridized carbons (Fsp3) is 0.650. The van der Waals surface area contributed by atoms with E-state index in [2.05, 4.69) is 59.2 Å². The van der Waals surface area contributed by atoms with Gasteiger partial charge in [0.05, 0.1) is 5.75 Å². The van der Waals surface area contributed by atoms with Crippen LogP contribution >= 0.6 is 39.5 Å². The zero-order valence-electron chi connectivity index (χ0n) is 16.1. The Morgan fingerprint density at radius 2 is 1.88 bits per heavy atom. The van der Waals surface area contributed by atoms with Crippen LogP contribution in [0.25, 0.3) is 0 Å². The third kappa shape index (κ3) is 7.83. The predicted molar refractivity (Wildman–Crippen MR) is 119 cm³/mol. The van der Waals surface area contributed by atoms with Crippen LogP contribution in [-0.4, -0.2) is 66.2 Å². The molecule has 1 aliphatic carbocycles. The van der Waals surface area contributed by atoms with Crippen LogP contribution in [0, 0.1) is 0 Å². The van der Waals surface area contributed by atoms with E-state index in [1.807, 2.05) is 35.5 Å². The summed E-state index contributed by atoms with van der Waals surface area (Å²) in [7, 11) is 6.08. The summed E-state index contributed by atoms with van der Waals surface area (Å²) in [6, 6.07) is 8.56. The molecule has 0 N–H and O–H groups in total. The molecule has 2 rings (SSSR count). The Kier molecular flexibility index (Phi) is 9.89. The van der Waals surface area contributed by atoms with Gasteiger partial charge >= 0.3 is 0 Å². The molecule has 1 saturated carbocycles. The number of nitrogens with zero attached hydrogens (tertiary/aromatic N) is 2. The smallest absolute Gasteiger partial charge is 0.232 e. The number of hydrogen-bond acceptors (Lipinski definition) is 4. The summed E-state index contributed by atoms with van der Waals surface area (Å²) >= 11 is 7.42. The van der Waals surface area contributed by atoms with E-state index >= 15 is 0 Å². The van der Waals surface area contributed by atoms with Gasteiger partial charge in [-0.2, -0.15) is 0 Å². The van der Waals surface area contributed by atoms with Gasteiger partial charge < -0.3 is 9.80 Å². The van der Waals surface area contributed by atoms with Crippen molar-refractivity contribution >= 4 is 45.4 Å². The minimum absolute atomic E-state index is 0.269. The molecule has 0 radical (unpaired) electrons. The molecule has 3 nitrogen and oxygen atoms in total. The molecular weight excluding hydrogens is 428 g/mol. The number of carbonyl (C=O) groups is 1. The minimum Gasteiger partial charge on any atom is -0.345 e. The first-order valence-corrected chi connectivity index (χ1v) is 12.1. The van der Waals surface area contributed by atoms with Gasteiger partial charge in [0.25, 0.3) is 0 Å². The van der Waals surface area contributed by atoms with Crippen LogP contribution in [0.3, 0.4) is 0 Å². The quantitative estimate of drug-likeness (QED) is 0.519. The first kappa shape index (κ1) is 22.1. The van der Waals surface area contributed by atoms with E-state index in [-0.39, 0.29) is 5.91 Å². The van der Waals surface area contributed by atoms with Crippen molar-refractivity contribution in [1.29, 1.82) is 0 Å². The first-order chi connectivity index (χ1) is 12.5. The second-order valence-electron chi connectivity index (χ2n) is 7.22. The van der Waals surface area contributed by atoms with Gasteiger partial charge in [-0.05, 0) is 58.1 Å². The van der Waals surface area contributed by atoms with E-state index in [1.165, 1.54) is 30.6 Å². The van der Waals surface area contributed by atoms with Crippen LogP contribution in [0.2, 0.25) is 0 Å². The molecule has 0 aromatic heterocycles. The molecule has 1 aromatic carbocycles. The highest BCUT2D eigenvalue weighted by atomic mass is 79.9. The van der Waals surface area contributed by atoms with E-state index in [0.29, 0.717) is 16.3 Å². The molecule has 0 bridgehead atoms. The molecule has 0 aliphatic heterocycles. The second-order valence-corrected chi connectivity index (χ2v) is 10.7. The van der Waals surface area contributed by atoms with E-state index in [0.717, 1.165) is 24.0 Å². The molecular formula is C20H31BrN2OS2. The van der Waals surface area contributed by atoms with Crippen LogP contribution in [0.1, 0.15) is 32.1 Å². The summed E-state index contributed by atoms with van der Waals surface area (Å²) in [4.78, 5) is 17.8. The molecule has 146 valence electrons. The lowest BCUT2D eigenvalue weighted by Gasteiger charge is -2.31. The molecule has 0 spiro atoms. The van der Waals surface area contributed by atoms with Crippen LogP contribution in [0.4, 0.5) is 0 Å². The largest absolute Gasteiger partial charge is 0.345 e. The number of thioether (sulfide) groups is 2. The van der Waals surface area contributed by atoms with Gasteiger partial charge in [0.15, 0.2) is 0 Å². The van der Waals surface area contributed by atoms with Gasteiger partial charge in [-0.15, -0.1) is 23.5 Å². The highest BCUT2D eigenvalue weighted by molar-refractivity contribution is 9.10. The maximum absolute atomic E-state index is 12.4. The molecule has 26 heavy (non-hydrogen) atoms. The van der Waals surface area contributed by atoms with Crippen molar-refractivity contribution in [2.45, 2.75) is 47.5 Å². The summed E-state index contributed by atoms with van der Waals surface area (Å²) in [6.07, 6.45) is 6.11. The monoisotopic (exact) mass is 458 g/mol. The van der Waals surface area contributed by atoms with Gasteiger partial charge in [-0.25, -0.2) is 0 Å². The third-order valence-electron chi connectivity index (χ3n) is 4.67. The molecule has 1 amide bonds. The Morgan fingerprint density at radius 1 is 1.15 bits per heavy atom. The maximum Gasteiger partial charge on any atom is 0.232 e. The fourth-order valence-corrected chi connectivity index (χ4v) is 6.63. The molecule has 0 heterocycles. The molecule has 0 saturated heterocycles. The number of halogens is 1. The Morgan fingerprint density at radius 3 is 2.58 bits per heavy atom. The standard InChI is InChI=1S/C20H31BrN2OS2/c1-22(2)12-7-13-23(3)20(24)15-25-18-10-4-5-11-19(18)26-17-9-6-8-16(21)14-17/h6,8-9,14,18-19H,4-5,7,10-13,15H2,1-3H3/t18-,19-/m1/s1. The fourth-order valence-electron chi connectivity index (χ4n) is 3.14. The Balaban J connectivity index is 1.81. The topological polar surface area (TPSA) is 23.6 Å². The summed E-state index contributed by atoms with van der Waals surface area (Å²) in [5, 5.41) is 1.18. The van der Waals surface area contributed by atoms with Crippen LogP contribution in [-0.2, 0) is 4.79 Å². The van der Waals surface area contributed by atoms with Crippen molar-refractivity contribution in [3.63, 3.8) is 0 Å². The van der Waals surface area contributed by atoms with E-state index in [4.69, 9.17) is 0 Å². The Bertz CT molecular complexity index is 570. The third-order valence-corrected chi connectivity index (χ3v) is 8.14. The van der Waals surface area contributed by atoms with Crippen LogP contribution < -0.4 is 0 Å². The average Bonchev–Trinajstić information content (AvgIpc) is 2.60. The highest BCUT2D eigenvalue weighted by Crippen LogP contribution is 2.40. The molecule has 6 heteroatoms. The van der Waals surface area contributed by atoms with Crippen molar-refractivity contribution in [3.8, 4) is 0 Å². The summed E-state index contributed by atoms with van der Waals surface area (Å²) in [6.45, 7) is 1.87. The molecule has 1 fully saturated rings. The van der Waals surface area contributed by atoms with E-state index < -0.39 is 0 Å². The molecule has 0 unspecified atom stereocenters. The van der Waals surface area contributed by atoms with Crippen LogP contribution in [0.5, 0.6) is 0 Å². The number of rotatable bonds is 9. The summed E-state index contributed by atoms with van der Waals surface area (Å²) < 4.78 is 1.14. The SMILES string of the molecule is CN(C)CCCN(C)C(=O)CS[C@@H]1CCCC[C@H]1Sc1cccc(Br)c1. The van der Waals surface area contributed by atoms with Crippen molar-refractivity contribution in [3.05, 3.63) is 28.7 Å². The van der Waals surface area contributed by atoms with Gasteiger partial charge in [0.1, 0.15) is 0 Å². The summed E-state index contributed by atoms with van der Waals surface area (Å²) in [5.41, 5.74) is 0. The average molecular weight is 460 g/mol. The number of carbonyl (C=O) groups excluding carboxylic acids is 1. The number of benzene rings is 1. The van der Waals surface area contributed by atoms with Gasteiger partial charge in [0, 0.05) is 33.5 Å². The first-order valence-electron chi connectivity index (χ1n) is 9.38. The second kappa shape index (κ2) is 11.6. The lowest BCUT2D eigenvalue weighted by molar-refractivity contribution is -0.127. The van der Waals surface area contributed by atoms with Crippen molar-refractivity contribution < 1.29 is 4.79 Å². The Hall–Kier alpha value is -0.170. The van der Waals surface area contributed by atoms with E-state index in [1.54, 1.807) is 0 Å². The normalized spacial score (nSPS) is 20.3. The van der Waals surface area contributed by atoms with Crippen molar-refractivity contribution in [2.24, 2.45) is 0 Å². The summed E-state index contributed by atoms with van der Waals surface area (Å²) in [5.74, 6) is 0.879. The molecule has 2 atom stereocenters. The molecule has 1 aliphatic rings. The van der Waals surface area contributed by atoms with Crippen molar-refractivity contribution in [1.82, 2.24) is 9.80 Å². The highest BCUT2D eigenvalue weighted by Gasteiger charge is 2.27. The van der Waals surface area contributed by atoms with Gasteiger partial charge in [-0.3, -0.25) is 4.79 Å². The zero-order chi connectivity index (χ0) is 18.9. The Labute approximate surface area is 175 Å². The van der Waals surface area contributed by atoms with Gasteiger partial charge in [0.2, 0.25) is 5.91 Å². The maximum atomic E-state index is 12.4. The van der Waals surface area contributed by atoms with E-state index in [9.17, 15) is 4.79 Å². The zero-order valence-corrected chi connectivity index (χ0v) is 19.3. The molecule has 1 aromatic rings. The number of hydrogen-bond donors (Lipinski definition) is 0. The lowest BCUT2D eigenvalue weighted by Crippen LogP contribution is -2.33. The van der Waals surface area contributed by atoms with Gasteiger partial charge in [-0.1, -0.05) is 34.8 Å².